The van der Waals surface area contributed by atoms with Gasteiger partial charge in [0.1, 0.15) is 0 Å². The van der Waals surface area contributed by atoms with Gasteiger partial charge in [0.05, 0.1) is 0 Å². The van der Waals surface area contributed by atoms with Crippen molar-refractivity contribution >= 4 is 0 Å². The summed E-state index contributed by atoms with van der Waals surface area (Å²) in [5.41, 5.74) is 1.39. The number of rotatable bonds is 6. The van der Waals surface area contributed by atoms with Gasteiger partial charge in [-0.1, -0.05) is 37.3 Å². The van der Waals surface area contributed by atoms with Crippen molar-refractivity contribution < 1.29 is 0 Å². The Morgan fingerprint density at radius 1 is 1.15 bits per heavy atom. The van der Waals surface area contributed by atoms with Gasteiger partial charge in [-0.05, 0) is 64.2 Å². The molecule has 0 amide bonds. The molecule has 1 aromatic carbocycles. The van der Waals surface area contributed by atoms with Crippen molar-refractivity contribution in [2.45, 2.75) is 52.1 Å². The first-order valence-corrected chi connectivity index (χ1v) is 8.24. The van der Waals surface area contributed by atoms with Crippen LogP contribution in [0.5, 0.6) is 0 Å². The monoisotopic (exact) mass is 274 g/mol. The smallest absolute Gasteiger partial charge is 0.0294 e. The van der Waals surface area contributed by atoms with E-state index < -0.39 is 0 Å². The van der Waals surface area contributed by atoms with Crippen LogP contribution in [0, 0.1) is 5.92 Å². The van der Waals surface area contributed by atoms with Crippen molar-refractivity contribution in [1.29, 1.82) is 0 Å². The van der Waals surface area contributed by atoms with E-state index >= 15 is 0 Å². The van der Waals surface area contributed by atoms with Crippen LogP contribution in [-0.2, 0) is 0 Å². The first-order valence-electron chi connectivity index (χ1n) is 8.24. The van der Waals surface area contributed by atoms with Crippen molar-refractivity contribution in [1.82, 2.24) is 10.2 Å². The van der Waals surface area contributed by atoms with E-state index in [1.807, 2.05) is 0 Å². The van der Waals surface area contributed by atoms with Crippen LogP contribution in [0.3, 0.4) is 0 Å². The van der Waals surface area contributed by atoms with E-state index in [9.17, 15) is 0 Å². The molecular formula is C18H30N2. The van der Waals surface area contributed by atoms with Gasteiger partial charge >= 0.3 is 0 Å². The normalized spacial score (nSPS) is 20.8. The molecule has 0 aromatic heterocycles. The molecule has 0 spiro atoms. The maximum Gasteiger partial charge on any atom is 0.0294 e. The summed E-state index contributed by atoms with van der Waals surface area (Å²) in [5, 5.41) is 3.79. The van der Waals surface area contributed by atoms with Crippen LogP contribution in [0.25, 0.3) is 0 Å². The van der Waals surface area contributed by atoms with Gasteiger partial charge in [-0.25, -0.2) is 0 Å². The summed E-state index contributed by atoms with van der Waals surface area (Å²) in [5.74, 6) is 0.828. The number of hydrogen-bond donors (Lipinski definition) is 1. The molecule has 0 bridgehead atoms. The second-order valence-corrected chi connectivity index (χ2v) is 6.27. The van der Waals surface area contributed by atoms with Gasteiger partial charge < -0.3 is 10.2 Å². The molecule has 1 aliphatic heterocycles. The standard InChI is InChI=1S/C18H30N2/c1-4-12-20-13-10-18(11-14-20)16(3)19-15(2)17-8-6-5-7-9-17/h5-9,15-16,18-19H,4,10-14H2,1-3H3/t15-,16?/m1/s1. The fourth-order valence-corrected chi connectivity index (χ4v) is 3.36. The lowest BCUT2D eigenvalue weighted by Crippen LogP contribution is -2.42. The highest BCUT2D eigenvalue weighted by atomic mass is 15.1. The Bertz CT molecular complexity index is 368. The van der Waals surface area contributed by atoms with Gasteiger partial charge in [0, 0.05) is 12.1 Å². The topological polar surface area (TPSA) is 15.3 Å². The van der Waals surface area contributed by atoms with Gasteiger partial charge in [0.2, 0.25) is 0 Å². The van der Waals surface area contributed by atoms with Crippen LogP contribution in [0.1, 0.15) is 51.6 Å². The lowest BCUT2D eigenvalue weighted by atomic mass is 9.89. The average Bonchev–Trinajstić information content (AvgIpc) is 2.49. The van der Waals surface area contributed by atoms with Crippen LogP contribution in [0.2, 0.25) is 0 Å². The minimum Gasteiger partial charge on any atom is -0.307 e. The van der Waals surface area contributed by atoms with Crippen molar-refractivity contribution in [2.24, 2.45) is 5.92 Å². The van der Waals surface area contributed by atoms with E-state index in [1.54, 1.807) is 0 Å². The zero-order chi connectivity index (χ0) is 14.4. The van der Waals surface area contributed by atoms with E-state index in [4.69, 9.17) is 0 Å². The highest BCUT2D eigenvalue weighted by molar-refractivity contribution is 5.18. The predicted octanol–water partition coefficient (Wildman–Crippen LogP) is 3.85. The minimum atomic E-state index is 0.444. The molecule has 20 heavy (non-hydrogen) atoms. The number of likely N-dealkylation sites (tertiary alicyclic amines) is 1. The number of hydrogen-bond acceptors (Lipinski definition) is 2. The van der Waals surface area contributed by atoms with Crippen molar-refractivity contribution in [2.75, 3.05) is 19.6 Å². The Hall–Kier alpha value is -0.860. The van der Waals surface area contributed by atoms with Crippen molar-refractivity contribution in [3.8, 4) is 0 Å². The number of nitrogens with one attached hydrogen (secondary N) is 1. The van der Waals surface area contributed by atoms with E-state index in [2.05, 4.69) is 61.3 Å². The maximum atomic E-state index is 3.79. The van der Waals surface area contributed by atoms with Crippen LogP contribution >= 0.6 is 0 Å². The summed E-state index contributed by atoms with van der Waals surface area (Å²) in [6.45, 7) is 10.7. The van der Waals surface area contributed by atoms with Crippen LogP contribution < -0.4 is 5.32 Å². The molecule has 2 heteroatoms. The molecule has 2 rings (SSSR count). The molecule has 112 valence electrons. The maximum absolute atomic E-state index is 3.79. The Labute approximate surface area is 124 Å². The molecular weight excluding hydrogens is 244 g/mol. The molecule has 2 atom stereocenters. The Morgan fingerprint density at radius 2 is 1.80 bits per heavy atom. The second kappa shape index (κ2) is 7.80. The van der Waals surface area contributed by atoms with Gasteiger partial charge in [-0.3, -0.25) is 0 Å². The molecule has 0 saturated carbocycles. The fraction of sp³-hybridized carbons (Fsp3) is 0.667. The molecule has 1 N–H and O–H groups in total. The highest BCUT2D eigenvalue weighted by Gasteiger charge is 2.24. The molecule has 0 radical (unpaired) electrons. The lowest BCUT2D eigenvalue weighted by Gasteiger charge is -2.36. The summed E-state index contributed by atoms with van der Waals surface area (Å²) >= 11 is 0. The Morgan fingerprint density at radius 3 is 2.40 bits per heavy atom. The highest BCUT2D eigenvalue weighted by Crippen LogP contribution is 2.23. The van der Waals surface area contributed by atoms with Crippen molar-refractivity contribution in [3.63, 3.8) is 0 Å². The summed E-state index contributed by atoms with van der Waals surface area (Å²) in [4.78, 5) is 2.61. The third-order valence-electron chi connectivity index (χ3n) is 4.69. The first-order chi connectivity index (χ1) is 9.70. The first kappa shape index (κ1) is 15.5. The number of benzene rings is 1. The third-order valence-corrected chi connectivity index (χ3v) is 4.69. The zero-order valence-corrected chi connectivity index (χ0v) is 13.3. The Balaban J connectivity index is 1.79. The third kappa shape index (κ3) is 4.32. The quantitative estimate of drug-likeness (QED) is 0.847. The number of piperidine rings is 1. The molecule has 1 aliphatic rings. The second-order valence-electron chi connectivity index (χ2n) is 6.27. The van der Waals surface area contributed by atoms with E-state index in [0.717, 1.165) is 5.92 Å². The predicted molar refractivity (Wildman–Crippen MR) is 86.9 cm³/mol. The average molecular weight is 274 g/mol. The van der Waals surface area contributed by atoms with Gasteiger partial charge in [0.25, 0.3) is 0 Å². The van der Waals surface area contributed by atoms with E-state index in [-0.39, 0.29) is 0 Å². The van der Waals surface area contributed by atoms with Gasteiger partial charge in [-0.2, -0.15) is 0 Å². The molecule has 1 heterocycles. The van der Waals surface area contributed by atoms with Crippen LogP contribution in [-0.4, -0.2) is 30.6 Å². The Kier molecular flexibility index (Phi) is 6.06. The largest absolute Gasteiger partial charge is 0.307 e. The molecule has 2 nitrogen and oxygen atoms in total. The summed E-state index contributed by atoms with van der Waals surface area (Å²) < 4.78 is 0. The number of nitrogens with zero attached hydrogens (tertiary/aromatic N) is 1. The van der Waals surface area contributed by atoms with Gasteiger partial charge in [0.15, 0.2) is 0 Å². The molecule has 1 aromatic rings. The minimum absolute atomic E-state index is 0.444. The lowest BCUT2D eigenvalue weighted by molar-refractivity contribution is 0.159. The molecule has 1 fully saturated rings. The van der Waals surface area contributed by atoms with Gasteiger partial charge in [-0.15, -0.1) is 0 Å². The van der Waals surface area contributed by atoms with E-state index in [1.165, 1.54) is 44.5 Å². The molecule has 0 aliphatic carbocycles. The van der Waals surface area contributed by atoms with Crippen LogP contribution in [0.4, 0.5) is 0 Å². The van der Waals surface area contributed by atoms with Crippen LogP contribution in [0.15, 0.2) is 30.3 Å². The van der Waals surface area contributed by atoms with Crippen molar-refractivity contribution in [3.05, 3.63) is 35.9 Å². The summed E-state index contributed by atoms with van der Waals surface area (Å²) in [6, 6.07) is 11.8. The zero-order valence-electron chi connectivity index (χ0n) is 13.3. The summed E-state index contributed by atoms with van der Waals surface area (Å²) in [7, 11) is 0. The molecule has 1 saturated heterocycles. The summed E-state index contributed by atoms with van der Waals surface area (Å²) in [6.07, 6.45) is 3.97. The van der Waals surface area contributed by atoms with E-state index in [0.29, 0.717) is 12.1 Å². The SMILES string of the molecule is CCCN1CCC(C(C)N[C@H](C)c2ccccc2)CC1. The fourth-order valence-electron chi connectivity index (χ4n) is 3.36. The molecule has 1 unspecified atom stereocenters.